The molecule has 3 heterocycles. The van der Waals surface area contributed by atoms with Gasteiger partial charge in [-0.25, -0.2) is 19.0 Å². The minimum Gasteiger partial charge on any atom is -0.476 e. The van der Waals surface area contributed by atoms with E-state index >= 15 is 0 Å². The second kappa shape index (κ2) is 4.96. The average Bonchev–Trinajstić information content (AvgIpc) is 3.06. The Balaban J connectivity index is 1.59. The lowest BCUT2D eigenvalue weighted by atomic mass is 10.5. The molecule has 0 saturated carbocycles. The van der Waals surface area contributed by atoms with E-state index in [2.05, 4.69) is 25.7 Å². The molecule has 0 amide bonds. The van der Waals surface area contributed by atoms with Crippen molar-refractivity contribution >= 4 is 17.4 Å². The van der Waals surface area contributed by atoms with Gasteiger partial charge in [-0.05, 0) is 6.07 Å². The molecule has 3 aromatic rings. The highest BCUT2D eigenvalue weighted by molar-refractivity contribution is 5.84. The summed E-state index contributed by atoms with van der Waals surface area (Å²) in [4.78, 5) is 15.0. The summed E-state index contributed by atoms with van der Waals surface area (Å²) in [6.45, 7) is 1.05. The van der Waals surface area contributed by atoms with Gasteiger partial charge < -0.3 is 10.4 Å². The molecule has 0 saturated heterocycles. The van der Waals surface area contributed by atoms with Crippen LogP contribution in [0.25, 0.3) is 5.65 Å². The molecular formula is C11H11N7O2. The SMILES string of the molecule is O=C(O)c1cn(CCNc2ccn3nccc3n2)nn1. The van der Waals surface area contributed by atoms with Crippen molar-refractivity contribution in [2.75, 3.05) is 11.9 Å². The third-order valence-electron chi connectivity index (χ3n) is 2.66. The van der Waals surface area contributed by atoms with E-state index in [0.29, 0.717) is 13.1 Å². The molecule has 9 heteroatoms. The summed E-state index contributed by atoms with van der Waals surface area (Å²) in [7, 11) is 0. The molecule has 0 radical (unpaired) electrons. The first-order chi connectivity index (χ1) is 9.72. The number of rotatable bonds is 5. The maximum Gasteiger partial charge on any atom is 0.358 e. The molecule has 0 unspecified atom stereocenters. The Hall–Kier alpha value is -2.97. The van der Waals surface area contributed by atoms with Gasteiger partial charge in [-0.15, -0.1) is 5.10 Å². The normalized spacial score (nSPS) is 10.8. The zero-order valence-corrected chi connectivity index (χ0v) is 10.3. The fourth-order valence-corrected chi connectivity index (χ4v) is 1.72. The number of carbonyl (C=O) groups is 1. The second-order valence-electron chi connectivity index (χ2n) is 4.05. The van der Waals surface area contributed by atoms with E-state index in [0.717, 1.165) is 11.5 Å². The van der Waals surface area contributed by atoms with Crippen LogP contribution < -0.4 is 5.32 Å². The number of aromatic carboxylic acids is 1. The molecule has 0 aliphatic rings. The highest BCUT2D eigenvalue weighted by Crippen LogP contribution is 2.05. The maximum absolute atomic E-state index is 10.7. The van der Waals surface area contributed by atoms with Crippen LogP contribution in [-0.4, -0.2) is 47.2 Å². The van der Waals surface area contributed by atoms with Crippen molar-refractivity contribution in [2.24, 2.45) is 0 Å². The van der Waals surface area contributed by atoms with Crippen LogP contribution in [0.3, 0.4) is 0 Å². The van der Waals surface area contributed by atoms with E-state index in [1.165, 1.54) is 10.9 Å². The molecule has 0 fully saturated rings. The lowest BCUT2D eigenvalue weighted by Gasteiger charge is -2.05. The third kappa shape index (κ3) is 2.41. The molecular weight excluding hydrogens is 262 g/mol. The number of hydrogen-bond donors (Lipinski definition) is 2. The quantitative estimate of drug-likeness (QED) is 0.679. The van der Waals surface area contributed by atoms with Crippen LogP contribution in [0.15, 0.2) is 30.7 Å². The minimum atomic E-state index is -1.09. The molecule has 0 aromatic carbocycles. The van der Waals surface area contributed by atoms with Gasteiger partial charge >= 0.3 is 5.97 Å². The Morgan fingerprint density at radius 1 is 1.40 bits per heavy atom. The molecule has 0 spiro atoms. The molecule has 0 aliphatic heterocycles. The largest absolute Gasteiger partial charge is 0.476 e. The molecule has 20 heavy (non-hydrogen) atoms. The topological polar surface area (TPSA) is 110 Å². The van der Waals surface area contributed by atoms with E-state index < -0.39 is 5.97 Å². The summed E-state index contributed by atoms with van der Waals surface area (Å²) >= 11 is 0. The number of anilines is 1. The summed E-state index contributed by atoms with van der Waals surface area (Å²) in [5, 5.41) is 23.2. The predicted octanol–water partition coefficient (Wildman–Crippen LogP) is 0.131. The van der Waals surface area contributed by atoms with Gasteiger partial charge in [0.1, 0.15) is 5.82 Å². The number of nitrogens with zero attached hydrogens (tertiary/aromatic N) is 6. The lowest BCUT2D eigenvalue weighted by molar-refractivity contribution is 0.0690. The van der Waals surface area contributed by atoms with Crippen molar-refractivity contribution in [1.29, 1.82) is 0 Å². The number of fused-ring (bicyclic) bond motifs is 1. The van der Waals surface area contributed by atoms with Gasteiger partial charge in [0.25, 0.3) is 0 Å². The van der Waals surface area contributed by atoms with Crippen LogP contribution in [-0.2, 0) is 6.54 Å². The van der Waals surface area contributed by atoms with Crippen molar-refractivity contribution in [2.45, 2.75) is 6.54 Å². The van der Waals surface area contributed by atoms with Gasteiger partial charge in [-0.1, -0.05) is 5.21 Å². The third-order valence-corrected chi connectivity index (χ3v) is 2.66. The van der Waals surface area contributed by atoms with Crippen LogP contribution in [0.4, 0.5) is 5.82 Å². The zero-order chi connectivity index (χ0) is 13.9. The summed E-state index contributed by atoms with van der Waals surface area (Å²) in [5.41, 5.74) is 0.688. The Bertz CT molecular complexity index is 748. The standard InChI is InChI=1S/C11H11N7O2/c19-11(20)8-7-17(16-15-8)6-4-12-9-2-5-18-10(14-9)1-3-13-18/h1-3,5,7H,4,6H2,(H,12,14)(H,19,20). The second-order valence-corrected chi connectivity index (χ2v) is 4.05. The van der Waals surface area contributed by atoms with Gasteiger partial charge in [0, 0.05) is 18.8 Å². The van der Waals surface area contributed by atoms with Crippen LogP contribution in [0.2, 0.25) is 0 Å². The number of hydrogen-bond acceptors (Lipinski definition) is 6. The zero-order valence-electron chi connectivity index (χ0n) is 10.3. The molecule has 102 valence electrons. The Kier molecular flexibility index (Phi) is 2.99. The summed E-state index contributed by atoms with van der Waals surface area (Å²) in [6, 6.07) is 3.62. The molecule has 9 nitrogen and oxygen atoms in total. The van der Waals surface area contributed by atoms with Crippen LogP contribution in [0.1, 0.15) is 10.5 Å². The first kappa shape index (κ1) is 12.1. The lowest BCUT2D eigenvalue weighted by Crippen LogP contribution is -2.12. The smallest absolute Gasteiger partial charge is 0.358 e. The maximum atomic E-state index is 10.7. The number of aromatic nitrogens is 6. The van der Waals surface area contributed by atoms with Crippen LogP contribution in [0.5, 0.6) is 0 Å². The van der Waals surface area contributed by atoms with E-state index in [9.17, 15) is 4.79 Å². The van der Waals surface area contributed by atoms with Crippen LogP contribution in [0, 0.1) is 0 Å². The molecule has 0 aliphatic carbocycles. The first-order valence-corrected chi connectivity index (χ1v) is 5.90. The fourth-order valence-electron chi connectivity index (χ4n) is 1.72. The molecule has 0 bridgehead atoms. The molecule has 0 atom stereocenters. The van der Waals surface area contributed by atoms with Crippen LogP contribution >= 0.6 is 0 Å². The number of carboxylic acids is 1. The predicted molar refractivity (Wildman–Crippen MR) is 68.5 cm³/mol. The Morgan fingerprint density at radius 3 is 3.10 bits per heavy atom. The molecule has 3 aromatic heterocycles. The highest BCUT2D eigenvalue weighted by Gasteiger charge is 2.07. The van der Waals surface area contributed by atoms with Gasteiger partial charge in [-0.2, -0.15) is 5.10 Å². The monoisotopic (exact) mass is 273 g/mol. The van der Waals surface area contributed by atoms with E-state index in [4.69, 9.17) is 5.11 Å². The van der Waals surface area contributed by atoms with Crippen molar-refractivity contribution in [3.05, 3.63) is 36.4 Å². The Morgan fingerprint density at radius 2 is 2.30 bits per heavy atom. The van der Waals surface area contributed by atoms with Crippen molar-refractivity contribution < 1.29 is 9.90 Å². The summed E-state index contributed by atoms with van der Waals surface area (Å²) in [6.07, 6.45) is 4.87. The first-order valence-electron chi connectivity index (χ1n) is 5.90. The Labute approximate surface area is 112 Å². The van der Waals surface area contributed by atoms with E-state index in [-0.39, 0.29) is 5.69 Å². The minimum absolute atomic E-state index is 0.0659. The van der Waals surface area contributed by atoms with Gasteiger partial charge in [-0.3, -0.25) is 0 Å². The number of carboxylic acid groups (broad SMARTS) is 1. The highest BCUT2D eigenvalue weighted by atomic mass is 16.4. The van der Waals surface area contributed by atoms with Gasteiger partial charge in [0.2, 0.25) is 0 Å². The van der Waals surface area contributed by atoms with E-state index in [1.807, 2.05) is 18.3 Å². The van der Waals surface area contributed by atoms with E-state index in [1.54, 1.807) is 10.7 Å². The summed E-state index contributed by atoms with van der Waals surface area (Å²) < 4.78 is 3.13. The number of nitrogens with one attached hydrogen (secondary N) is 1. The summed E-state index contributed by atoms with van der Waals surface area (Å²) in [5.74, 6) is -0.367. The van der Waals surface area contributed by atoms with Crippen molar-refractivity contribution in [3.63, 3.8) is 0 Å². The van der Waals surface area contributed by atoms with Crippen molar-refractivity contribution in [3.8, 4) is 0 Å². The molecule has 2 N–H and O–H groups in total. The van der Waals surface area contributed by atoms with Gasteiger partial charge in [0.05, 0.1) is 18.9 Å². The van der Waals surface area contributed by atoms with Crippen molar-refractivity contribution in [1.82, 2.24) is 29.6 Å². The van der Waals surface area contributed by atoms with Gasteiger partial charge in [0.15, 0.2) is 11.3 Å². The molecule has 3 rings (SSSR count). The average molecular weight is 273 g/mol. The fraction of sp³-hybridized carbons (Fsp3) is 0.182.